The van der Waals surface area contributed by atoms with Crippen LogP contribution < -0.4 is 0 Å². The van der Waals surface area contributed by atoms with Gasteiger partial charge in [0.1, 0.15) is 5.82 Å². The Morgan fingerprint density at radius 1 is 1.31 bits per heavy atom. The zero-order valence-corrected chi connectivity index (χ0v) is 11.0. The topological polar surface area (TPSA) is 0 Å². The fourth-order valence-corrected chi connectivity index (χ4v) is 3.34. The van der Waals surface area contributed by atoms with Crippen LogP contribution >= 0.6 is 11.6 Å². The summed E-state index contributed by atoms with van der Waals surface area (Å²) in [6.45, 7) is 8.36. The Bertz CT molecular complexity index is 400. The van der Waals surface area contributed by atoms with Crippen molar-refractivity contribution in [2.75, 3.05) is 0 Å². The maximum absolute atomic E-state index is 13.2. The van der Waals surface area contributed by atoms with Gasteiger partial charge in [0.15, 0.2) is 0 Å². The van der Waals surface area contributed by atoms with Gasteiger partial charge in [0, 0.05) is 0 Å². The highest BCUT2D eigenvalue weighted by Gasteiger charge is 2.50. The molecule has 0 bridgehead atoms. The van der Waals surface area contributed by atoms with Gasteiger partial charge in [-0.15, -0.1) is 11.6 Å². The van der Waals surface area contributed by atoms with E-state index < -0.39 is 0 Å². The summed E-state index contributed by atoms with van der Waals surface area (Å²) in [4.78, 5) is 0. The maximum Gasteiger partial charge on any atom is 0.123 e. The Morgan fingerprint density at radius 2 is 1.75 bits per heavy atom. The number of hydrogen-bond acceptors (Lipinski definition) is 0. The van der Waals surface area contributed by atoms with Crippen LogP contribution in [0, 0.1) is 31.0 Å². The van der Waals surface area contributed by atoms with Crippen LogP contribution in [0.5, 0.6) is 0 Å². The fourth-order valence-electron chi connectivity index (χ4n) is 2.57. The summed E-state index contributed by atoms with van der Waals surface area (Å²) in [5.74, 6) is 0.356. The van der Waals surface area contributed by atoms with Gasteiger partial charge in [0.05, 0.1) is 5.38 Å². The van der Waals surface area contributed by atoms with E-state index in [1.54, 1.807) is 12.1 Å². The zero-order chi connectivity index (χ0) is 12.1. The average molecular weight is 241 g/mol. The van der Waals surface area contributed by atoms with Crippen LogP contribution in [0.25, 0.3) is 0 Å². The van der Waals surface area contributed by atoms with Gasteiger partial charge in [-0.2, -0.15) is 0 Å². The number of alkyl halides is 1. The van der Waals surface area contributed by atoms with Gasteiger partial charge in [-0.1, -0.05) is 13.8 Å². The molecule has 0 saturated heterocycles. The van der Waals surface area contributed by atoms with E-state index in [1.165, 1.54) is 0 Å². The average Bonchev–Trinajstić information content (AvgIpc) is 2.73. The molecular formula is C14H18ClF. The van der Waals surface area contributed by atoms with Gasteiger partial charge in [0.2, 0.25) is 0 Å². The smallest absolute Gasteiger partial charge is 0.123 e. The second-order valence-corrected chi connectivity index (χ2v) is 6.12. The van der Waals surface area contributed by atoms with Crippen molar-refractivity contribution in [2.24, 2.45) is 11.3 Å². The molecule has 1 fully saturated rings. The largest absolute Gasteiger partial charge is 0.207 e. The van der Waals surface area contributed by atoms with Crippen molar-refractivity contribution in [2.45, 2.75) is 39.5 Å². The van der Waals surface area contributed by atoms with Gasteiger partial charge in [-0.3, -0.25) is 0 Å². The molecule has 0 spiro atoms. The number of rotatable bonds is 2. The summed E-state index contributed by atoms with van der Waals surface area (Å²) < 4.78 is 13.2. The monoisotopic (exact) mass is 240 g/mol. The molecule has 0 nitrogen and oxygen atoms in total. The highest BCUT2D eigenvalue weighted by Crippen LogP contribution is 2.60. The molecule has 88 valence electrons. The molecule has 0 aliphatic heterocycles. The van der Waals surface area contributed by atoms with Crippen molar-refractivity contribution in [3.63, 3.8) is 0 Å². The predicted octanol–water partition coefficient (Wildman–Crippen LogP) is 4.77. The molecule has 0 heterocycles. The number of aryl methyl sites for hydroxylation is 2. The Balaban J connectivity index is 2.34. The molecule has 0 amide bonds. The Hall–Kier alpha value is -0.560. The summed E-state index contributed by atoms with van der Waals surface area (Å²) in [6.07, 6.45) is 1.16. The van der Waals surface area contributed by atoms with E-state index in [0.29, 0.717) is 11.3 Å². The van der Waals surface area contributed by atoms with Gasteiger partial charge >= 0.3 is 0 Å². The van der Waals surface area contributed by atoms with E-state index in [9.17, 15) is 4.39 Å². The van der Waals surface area contributed by atoms with E-state index in [-0.39, 0.29) is 11.2 Å². The minimum Gasteiger partial charge on any atom is -0.207 e. The second-order valence-electron chi connectivity index (χ2n) is 5.65. The first-order valence-electron chi connectivity index (χ1n) is 5.73. The molecule has 0 radical (unpaired) electrons. The lowest BCUT2D eigenvalue weighted by Gasteiger charge is -2.17. The van der Waals surface area contributed by atoms with Crippen molar-refractivity contribution in [3.05, 3.63) is 34.6 Å². The molecular weight excluding hydrogens is 223 g/mol. The lowest BCUT2D eigenvalue weighted by molar-refractivity contribution is 0.545. The first-order chi connectivity index (χ1) is 7.33. The first kappa shape index (κ1) is 11.9. The van der Waals surface area contributed by atoms with Crippen LogP contribution in [0.2, 0.25) is 0 Å². The molecule has 1 aliphatic rings. The molecule has 0 N–H and O–H groups in total. The Labute approximate surface area is 102 Å². The molecule has 2 unspecified atom stereocenters. The molecule has 1 aromatic rings. The summed E-state index contributed by atoms with van der Waals surface area (Å²) in [7, 11) is 0. The third kappa shape index (κ3) is 1.98. The van der Waals surface area contributed by atoms with Crippen LogP contribution in [-0.2, 0) is 0 Å². The van der Waals surface area contributed by atoms with Crippen LogP contribution in [0.1, 0.15) is 42.3 Å². The molecule has 0 aromatic heterocycles. The van der Waals surface area contributed by atoms with Crippen LogP contribution in [0.3, 0.4) is 0 Å². The molecule has 1 aromatic carbocycles. The van der Waals surface area contributed by atoms with Crippen molar-refractivity contribution < 1.29 is 4.39 Å². The number of halogens is 2. The molecule has 1 saturated carbocycles. The van der Waals surface area contributed by atoms with E-state index in [4.69, 9.17) is 11.6 Å². The first-order valence-corrected chi connectivity index (χ1v) is 6.17. The van der Waals surface area contributed by atoms with E-state index >= 15 is 0 Å². The highest BCUT2D eigenvalue weighted by atomic mass is 35.5. The Morgan fingerprint density at radius 3 is 2.12 bits per heavy atom. The minimum atomic E-state index is -0.169. The summed E-state index contributed by atoms with van der Waals surface area (Å²) >= 11 is 6.53. The fraction of sp³-hybridized carbons (Fsp3) is 0.571. The van der Waals surface area contributed by atoms with E-state index in [0.717, 1.165) is 23.1 Å². The SMILES string of the molecule is Cc1cc(F)cc(C)c1C(Cl)C1CC1(C)C. The second kappa shape index (κ2) is 3.73. The number of benzene rings is 1. The van der Waals surface area contributed by atoms with Crippen molar-refractivity contribution >= 4 is 11.6 Å². The van der Waals surface area contributed by atoms with Crippen molar-refractivity contribution in [1.82, 2.24) is 0 Å². The summed E-state index contributed by atoms with van der Waals surface area (Å²) in [5, 5.41) is 0.0237. The van der Waals surface area contributed by atoms with Crippen LogP contribution in [0.4, 0.5) is 4.39 Å². The zero-order valence-electron chi connectivity index (χ0n) is 10.3. The number of hydrogen-bond donors (Lipinski definition) is 0. The molecule has 2 heteroatoms. The van der Waals surface area contributed by atoms with Gasteiger partial charge in [0.25, 0.3) is 0 Å². The summed E-state index contributed by atoms with van der Waals surface area (Å²) in [6, 6.07) is 3.15. The summed E-state index contributed by atoms with van der Waals surface area (Å²) in [5.41, 5.74) is 3.42. The van der Waals surface area contributed by atoms with E-state index in [2.05, 4.69) is 13.8 Å². The van der Waals surface area contributed by atoms with Crippen molar-refractivity contribution in [3.8, 4) is 0 Å². The third-order valence-corrected chi connectivity index (χ3v) is 4.30. The quantitative estimate of drug-likeness (QED) is 0.654. The minimum absolute atomic E-state index is 0.0237. The molecule has 16 heavy (non-hydrogen) atoms. The molecule has 1 aliphatic carbocycles. The lowest BCUT2D eigenvalue weighted by Crippen LogP contribution is -2.04. The predicted molar refractivity (Wildman–Crippen MR) is 66.4 cm³/mol. The maximum atomic E-state index is 13.2. The van der Waals surface area contributed by atoms with Gasteiger partial charge in [-0.25, -0.2) is 4.39 Å². The van der Waals surface area contributed by atoms with Crippen molar-refractivity contribution in [1.29, 1.82) is 0 Å². The van der Waals surface area contributed by atoms with Crippen LogP contribution in [0.15, 0.2) is 12.1 Å². The third-order valence-electron chi connectivity index (χ3n) is 3.78. The van der Waals surface area contributed by atoms with Gasteiger partial charge in [-0.05, 0) is 60.4 Å². The molecule has 2 rings (SSSR count). The normalized spacial score (nSPS) is 24.2. The lowest BCUT2D eigenvalue weighted by atomic mass is 9.94. The highest BCUT2D eigenvalue weighted by molar-refractivity contribution is 6.21. The van der Waals surface area contributed by atoms with Crippen LogP contribution in [-0.4, -0.2) is 0 Å². The van der Waals surface area contributed by atoms with E-state index in [1.807, 2.05) is 13.8 Å². The standard InChI is InChI=1S/C14H18ClF/c1-8-5-10(16)6-9(2)12(8)13(15)11-7-14(11,3)4/h5-6,11,13H,7H2,1-4H3. The Kier molecular flexibility index (Phi) is 2.78. The molecule has 2 atom stereocenters. The van der Waals surface area contributed by atoms with Gasteiger partial charge < -0.3 is 0 Å².